The first-order valence-corrected chi connectivity index (χ1v) is 10.9. The molecule has 1 N–H and O–H groups in total. The van der Waals surface area contributed by atoms with Crippen LogP contribution in [0.1, 0.15) is 22.3 Å². The summed E-state index contributed by atoms with van der Waals surface area (Å²) >= 11 is 0. The van der Waals surface area contributed by atoms with Crippen molar-refractivity contribution < 1.29 is 19.0 Å². The molecule has 0 unspecified atom stereocenters. The Morgan fingerprint density at radius 2 is 1.61 bits per heavy atom. The summed E-state index contributed by atoms with van der Waals surface area (Å²) in [4.78, 5) is 12.8. The number of para-hydroxylation sites is 1. The van der Waals surface area contributed by atoms with Crippen LogP contribution in [-0.4, -0.2) is 31.2 Å². The van der Waals surface area contributed by atoms with Gasteiger partial charge < -0.3 is 24.1 Å². The Morgan fingerprint density at radius 1 is 0.909 bits per heavy atom. The number of carbonyl (C=O) groups excluding carboxylic acids is 1. The Morgan fingerprint density at radius 3 is 2.33 bits per heavy atom. The van der Waals surface area contributed by atoms with Gasteiger partial charge in [-0.05, 0) is 41.6 Å². The van der Waals surface area contributed by atoms with Crippen LogP contribution in [0.2, 0.25) is 0 Å². The van der Waals surface area contributed by atoms with Gasteiger partial charge in [-0.15, -0.1) is 0 Å². The molecular weight excluding hydrogens is 416 g/mol. The number of benzene rings is 3. The van der Waals surface area contributed by atoms with Crippen LogP contribution in [0.3, 0.4) is 0 Å². The van der Waals surface area contributed by atoms with Crippen LogP contribution >= 0.6 is 0 Å². The lowest BCUT2D eigenvalue weighted by Crippen LogP contribution is -2.25. The van der Waals surface area contributed by atoms with Crippen LogP contribution in [0.4, 0.5) is 0 Å². The van der Waals surface area contributed by atoms with Gasteiger partial charge >= 0.3 is 0 Å². The second kappa shape index (κ2) is 10.6. The van der Waals surface area contributed by atoms with Crippen molar-refractivity contribution in [1.82, 2.24) is 9.88 Å². The number of methoxy groups -OCH3 is 2. The molecule has 1 amide bonds. The molecule has 0 saturated heterocycles. The molecule has 0 atom stereocenters. The summed E-state index contributed by atoms with van der Waals surface area (Å²) < 4.78 is 19.2. The largest absolute Gasteiger partial charge is 0.493 e. The van der Waals surface area contributed by atoms with Crippen LogP contribution in [0, 0.1) is 0 Å². The lowest BCUT2D eigenvalue weighted by Gasteiger charge is -2.16. The third-order valence-electron chi connectivity index (χ3n) is 5.49. The fourth-order valence-corrected chi connectivity index (χ4v) is 3.77. The molecule has 1 heterocycles. The zero-order valence-corrected chi connectivity index (χ0v) is 18.9. The predicted molar refractivity (Wildman–Crippen MR) is 129 cm³/mol. The molecule has 0 aliphatic heterocycles. The van der Waals surface area contributed by atoms with Gasteiger partial charge in [-0.1, -0.05) is 48.5 Å². The Hall–Kier alpha value is -3.93. The number of hydrogen-bond donors (Lipinski definition) is 1. The number of nitrogens with zero attached hydrogens (tertiary/aromatic N) is 1. The first-order chi connectivity index (χ1) is 16.2. The van der Waals surface area contributed by atoms with E-state index in [1.807, 2.05) is 42.5 Å². The van der Waals surface area contributed by atoms with Gasteiger partial charge in [0, 0.05) is 30.4 Å². The monoisotopic (exact) mass is 444 g/mol. The highest BCUT2D eigenvalue weighted by Gasteiger charge is 2.18. The molecule has 6 heteroatoms. The second-order valence-electron chi connectivity index (χ2n) is 7.66. The predicted octanol–water partition coefficient (Wildman–Crippen LogP) is 5.06. The minimum atomic E-state index is -0.182. The summed E-state index contributed by atoms with van der Waals surface area (Å²) in [5.74, 6) is 1.20. The molecule has 170 valence electrons. The molecule has 0 saturated carbocycles. The van der Waals surface area contributed by atoms with Crippen LogP contribution in [0.25, 0.3) is 10.9 Å². The number of nitrogens with one attached hydrogen (secondary N) is 1. The molecule has 0 aliphatic rings. The molecule has 4 rings (SSSR count). The molecule has 0 fully saturated rings. The molecule has 0 bridgehead atoms. The van der Waals surface area contributed by atoms with Gasteiger partial charge in [-0.3, -0.25) is 4.79 Å². The summed E-state index contributed by atoms with van der Waals surface area (Å²) in [6.07, 6.45) is 2.90. The van der Waals surface area contributed by atoms with Gasteiger partial charge in [-0.2, -0.15) is 0 Å². The van der Waals surface area contributed by atoms with E-state index in [9.17, 15) is 4.79 Å². The Balaban J connectivity index is 1.38. The Labute approximate surface area is 193 Å². The number of ether oxygens (including phenoxy) is 3. The van der Waals surface area contributed by atoms with Crippen LogP contribution < -0.4 is 19.5 Å². The van der Waals surface area contributed by atoms with Gasteiger partial charge in [0.15, 0.2) is 11.5 Å². The van der Waals surface area contributed by atoms with Crippen LogP contribution in [-0.2, 0) is 13.2 Å². The molecule has 3 aromatic carbocycles. The number of hydrogen-bond acceptors (Lipinski definition) is 4. The minimum absolute atomic E-state index is 0.182. The number of fused-ring (bicyclic) bond motifs is 1. The fourth-order valence-electron chi connectivity index (χ4n) is 3.77. The quantitative estimate of drug-likeness (QED) is 0.348. The van der Waals surface area contributed by atoms with E-state index in [-0.39, 0.29) is 5.91 Å². The Bertz CT molecular complexity index is 1190. The fraction of sp³-hybridized carbons (Fsp3) is 0.222. The molecular formula is C27H28N2O4. The number of carbonyl (C=O) groups is 1. The lowest BCUT2D eigenvalue weighted by molar-refractivity contribution is 0.0952. The highest BCUT2D eigenvalue weighted by Crippen LogP contribution is 2.39. The second-order valence-corrected chi connectivity index (χ2v) is 7.66. The highest BCUT2D eigenvalue weighted by molar-refractivity contribution is 5.95. The van der Waals surface area contributed by atoms with E-state index in [2.05, 4.69) is 34.3 Å². The summed E-state index contributed by atoms with van der Waals surface area (Å²) in [7, 11) is 3.10. The van der Waals surface area contributed by atoms with Gasteiger partial charge in [-0.25, -0.2) is 0 Å². The van der Waals surface area contributed by atoms with Crippen molar-refractivity contribution in [3.63, 3.8) is 0 Å². The van der Waals surface area contributed by atoms with Crippen molar-refractivity contribution in [3.05, 3.63) is 90.1 Å². The smallest absolute Gasteiger partial charge is 0.251 e. The van der Waals surface area contributed by atoms with Crippen molar-refractivity contribution in [2.75, 3.05) is 20.8 Å². The van der Waals surface area contributed by atoms with Gasteiger partial charge in [0.05, 0.1) is 14.2 Å². The average Bonchev–Trinajstić information content (AvgIpc) is 3.28. The molecule has 6 nitrogen and oxygen atoms in total. The number of rotatable bonds is 10. The summed E-state index contributed by atoms with van der Waals surface area (Å²) in [5.41, 5.74) is 2.69. The van der Waals surface area contributed by atoms with E-state index >= 15 is 0 Å². The standard InChI is InChI=1S/C27H28N2O4/c1-31-24-17-22(18-25(32-2)26(24)33-19-20-9-4-3-5-10-20)27(30)28-14-8-15-29-16-13-21-11-6-7-12-23(21)29/h3-7,9-13,16-18H,8,14-15,19H2,1-2H3,(H,28,30). The van der Waals surface area contributed by atoms with Crippen molar-refractivity contribution in [2.24, 2.45) is 0 Å². The topological polar surface area (TPSA) is 61.7 Å². The number of aryl methyl sites for hydroxylation is 1. The first-order valence-electron chi connectivity index (χ1n) is 10.9. The molecule has 0 spiro atoms. The zero-order chi connectivity index (χ0) is 23.0. The van der Waals surface area contributed by atoms with E-state index in [4.69, 9.17) is 14.2 Å². The van der Waals surface area contributed by atoms with Crippen LogP contribution in [0.15, 0.2) is 79.0 Å². The van der Waals surface area contributed by atoms with E-state index in [0.29, 0.717) is 36.0 Å². The van der Waals surface area contributed by atoms with E-state index in [1.165, 1.54) is 10.9 Å². The Kier molecular flexibility index (Phi) is 7.15. The van der Waals surface area contributed by atoms with E-state index in [1.54, 1.807) is 26.4 Å². The first kappa shape index (κ1) is 22.3. The normalized spacial score (nSPS) is 10.7. The third-order valence-corrected chi connectivity index (χ3v) is 5.49. The molecule has 33 heavy (non-hydrogen) atoms. The maximum Gasteiger partial charge on any atom is 0.251 e. The maximum absolute atomic E-state index is 12.8. The van der Waals surface area contributed by atoms with Crippen molar-refractivity contribution >= 4 is 16.8 Å². The minimum Gasteiger partial charge on any atom is -0.493 e. The average molecular weight is 445 g/mol. The number of aromatic nitrogens is 1. The van der Waals surface area contributed by atoms with Crippen LogP contribution in [0.5, 0.6) is 17.2 Å². The molecule has 1 aromatic heterocycles. The van der Waals surface area contributed by atoms with Gasteiger partial charge in [0.25, 0.3) is 5.91 Å². The van der Waals surface area contributed by atoms with E-state index < -0.39 is 0 Å². The number of amides is 1. The van der Waals surface area contributed by atoms with Gasteiger partial charge in [0.2, 0.25) is 5.75 Å². The van der Waals surface area contributed by atoms with Gasteiger partial charge in [0.1, 0.15) is 6.61 Å². The highest BCUT2D eigenvalue weighted by atomic mass is 16.5. The lowest BCUT2D eigenvalue weighted by atomic mass is 10.1. The molecule has 0 radical (unpaired) electrons. The molecule has 0 aliphatic carbocycles. The summed E-state index contributed by atoms with van der Waals surface area (Å²) in [6, 6.07) is 23.6. The van der Waals surface area contributed by atoms with Crippen molar-refractivity contribution in [1.29, 1.82) is 0 Å². The molecule has 4 aromatic rings. The van der Waals surface area contributed by atoms with Crippen molar-refractivity contribution in [3.8, 4) is 17.2 Å². The maximum atomic E-state index is 12.8. The van der Waals surface area contributed by atoms with Crippen molar-refractivity contribution in [2.45, 2.75) is 19.6 Å². The summed E-state index contributed by atoms with van der Waals surface area (Å²) in [5, 5.41) is 4.20. The zero-order valence-electron chi connectivity index (χ0n) is 18.9. The summed E-state index contributed by atoms with van der Waals surface area (Å²) in [6.45, 7) is 1.75. The SMILES string of the molecule is COc1cc(C(=O)NCCCn2ccc3ccccc32)cc(OC)c1OCc1ccccc1. The third kappa shape index (κ3) is 5.29. The van der Waals surface area contributed by atoms with E-state index in [0.717, 1.165) is 18.5 Å².